The van der Waals surface area contributed by atoms with Crippen LogP contribution in [0.15, 0.2) is 4.90 Å². The Morgan fingerprint density at radius 1 is 1.18 bits per heavy atom. The van der Waals surface area contributed by atoms with Crippen LogP contribution in [-0.4, -0.2) is 26.2 Å². The summed E-state index contributed by atoms with van der Waals surface area (Å²) in [7, 11) is 3.01. The lowest BCUT2D eigenvalue weighted by molar-refractivity contribution is 0.223. The Labute approximate surface area is 103 Å². The number of rotatable bonds is 2. The fourth-order valence-electron chi connectivity index (χ4n) is 1.71. The second-order valence-corrected chi connectivity index (χ2v) is 4.55. The van der Waals surface area contributed by atoms with Crippen LogP contribution in [0.1, 0.15) is 0 Å². The Morgan fingerprint density at radius 3 is 2.35 bits per heavy atom. The quantitative estimate of drug-likeness (QED) is 0.667. The lowest BCUT2D eigenvalue weighted by atomic mass is 10.2. The number of benzene rings is 1. The van der Waals surface area contributed by atoms with Gasteiger partial charge in [0.15, 0.2) is 23.5 Å². The average molecular weight is 257 g/mol. The van der Waals surface area contributed by atoms with Crippen LogP contribution in [0.4, 0.5) is 11.4 Å². The molecule has 1 aromatic carbocycles. The van der Waals surface area contributed by atoms with Crippen molar-refractivity contribution in [2.24, 2.45) is 5.73 Å². The van der Waals surface area contributed by atoms with Gasteiger partial charge in [0.05, 0.1) is 24.8 Å². The number of nitrogens with two attached hydrogens (primary N) is 3. The van der Waals surface area contributed by atoms with E-state index in [9.17, 15) is 0 Å². The van der Waals surface area contributed by atoms with E-state index < -0.39 is 6.23 Å². The van der Waals surface area contributed by atoms with Gasteiger partial charge in [-0.25, -0.2) is 0 Å². The molecule has 0 bridgehead atoms. The van der Waals surface area contributed by atoms with E-state index >= 15 is 0 Å². The summed E-state index contributed by atoms with van der Waals surface area (Å²) in [6.07, 6.45) is -0.396. The highest BCUT2D eigenvalue weighted by molar-refractivity contribution is 7.99. The van der Waals surface area contributed by atoms with Gasteiger partial charge in [0.25, 0.3) is 0 Å². The van der Waals surface area contributed by atoms with Gasteiger partial charge in [0.1, 0.15) is 5.69 Å². The second kappa shape index (κ2) is 4.42. The van der Waals surface area contributed by atoms with Crippen molar-refractivity contribution in [3.8, 4) is 17.2 Å². The highest BCUT2D eigenvalue weighted by Crippen LogP contribution is 2.53. The fourth-order valence-corrected chi connectivity index (χ4v) is 2.65. The third-order valence-corrected chi connectivity index (χ3v) is 3.65. The van der Waals surface area contributed by atoms with Crippen LogP contribution in [0.2, 0.25) is 0 Å². The molecule has 1 aliphatic heterocycles. The lowest BCUT2D eigenvalue weighted by Gasteiger charge is -2.27. The summed E-state index contributed by atoms with van der Waals surface area (Å²) in [4.78, 5) is 0.752. The van der Waals surface area contributed by atoms with Crippen LogP contribution >= 0.6 is 11.8 Å². The second-order valence-electron chi connectivity index (χ2n) is 3.52. The Morgan fingerprint density at radius 2 is 1.76 bits per heavy atom. The minimum absolute atomic E-state index is 0.358. The minimum atomic E-state index is -0.396. The van der Waals surface area contributed by atoms with Gasteiger partial charge in [0.2, 0.25) is 0 Å². The average Bonchev–Trinajstić information content (AvgIpc) is 2.33. The van der Waals surface area contributed by atoms with E-state index in [-0.39, 0.29) is 0 Å². The summed E-state index contributed by atoms with van der Waals surface area (Å²) in [6, 6.07) is 0. The number of ether oxygens (including phenoxy) is 3. The van der Waals surface area contributed by atoms with Gasteiger partial charge in [-0.1, -0.05) is 0 Å². The molecule has 1 heterocycles. The summed E-state index contributed by atoms with van der Waals surface area (Å²) >= 11 is 1.50. The maximum absolute atomic E-state index is 6.00. The van der Waals surface area contributed by atoms with Gasteiger partial charge in [-0.3, -0.25) is 5.73 Å². The molecule has 7 heteroatoms. The first-order chi connectivity index (χ1) is 8.10. The predicted octanol–water partition coefficient (Wildman–Crippen LogP) is 0.637. The monoisotopic (exact) mass is 257 g/mol. The molecule has 0 aromatic heterocycles. The highest BCUT2D eigenvalue weighted by Gasteiger charge is 2.28. The summed E-state index contributed by atoms with van der Waals surface area (Å²) in [5, 5.41) is 0. The molecule has 0 saturated heterocycles. The molecule has 0 aliphatic carbocycles. The molecule has 0 spiro atoms. The molecule has 1 atom stereocenters. The molecule has 94 valence electrons. The molecule has 6 nitrogen and oxygen atoms in total. The number of hydrogen-bond acceptors (Lipinski definition) is 7. The minimum Gasteiger partial charge on any atom is -0.491 e. The third kappa shape index (κ3) is 1.81. The topological polar surface area (TPSA) is 106 Å². The van der Waals surface area contributed by atoms with E-state index in [1.165, 1.54) is 26.0 Å². The molecule has 0 saturated carbocycles. The molecule has 1 aliphatic rings. The normalized spacial score (nSPS) is 18.2. The number of thioether (sulfide) groups is 1. The standard InChI is InChI=1S/C10H15N3O3S/c1-14-7-5(12)9-10(6(13)8(7)15-2)17-3-4(11)16-9/h4H,3,11-13H2,1-2H3. The first kappa shape index (κ1) is 12.0. The van der Waals surface area contributed by atoms with E-state index in [1.807, 2.05) is 0 Å². The first-order valence-electron chi connectivity index (χ1n) is 4.98. The van der Waals surface area contributed by atoms with Gasteiger partial charge in [-0.05, 0) is 0 Å². The Hall–Kier alpha value is -1.47. The molecule has 0 radical (unpaired) electrons. The van der Waals surface area contributed by atoms with E-state index in [0.29, 0.717) is 34.4 Å². The molecule has 0 amide bonds. The Balaban J connectivity index is 2.66. The predicted molar refractivity (Wildman–Crippen MR) is 67.7 cm³/mol. The van der Waals surface area contributed by atoms with Crippen molar-refractivity contribution in [3.05, 3.63) is 0 Å². The van der Waals surface area contributed by atoms with Crippen LogP contribution in [0.3, 0.4) is 0 Å². The van der Waals surface area contributed by atoms with Crippen LogP contribution in [0, 0.1) is 0 Å². The maximum Gasteiger partial charge on any atom is 0.189 e. The van der Waals surface area contributed by atoms with Crippen molar-refractivity contribution in [2.45, 2.75) is 11.1 Å². The van der Waals surface area contributed by atoms with Crippen molar-refractivity contribution in [2.75, 3.05) is 31.4 Å². The van der Waals surface area contributed by atoms with Crippen LogP contribution in [-0.2, 0) is 0 Å². The van der Waals surface area contributed by atoms with Crippen molar-refractivity contribution >= 4 is 23.1 Å². The third-order valence-electron chi connectivity index (χ3n) is 2.46. The van der Waals surface area contributed by atoms with Crippen LogP contribution in [0.25, 0.3) is 0 Å². The lowest BCUT2D eigenvalue weighted by Crippen LogP contribution is -2.32. The molecule has 6 N–H and O–H groups in total. The van der Waals surface area contributed by atoms with Gasteiger partial charge in [-0.2, -0.15) is 0 Å². The van der Waals surface area contributed by atoms with Gasteiger partial charge in [0, 0.05) is 5.75 Å². The number of hydrogen-bond donors (Lipinski definition) is 3. The number of fused-ring (bicyclic) bond motifs is 1. The summed E-state index contributed by atoms with van der Waals surface area (Å²) in [5.74, 6) is 1.89. The molecule has 1 unspecified atom stereocenters. The number of anilines is 2. The van der Waals surface area contributed by atoms with E-state index in [2.05, 4.69) is 0 Å². The first-order valence-corrected chi connectivity index (χ1v) is 5.96. The van der Waals surface area contributed by atoms with Gasteiger partial charge >= 0.3 is 0 Å². The maximum atomic E-state index is 6.00. The Kier molecular flexibility index (Phi) is 3.12. The van der Waals surface area contributed by atoms with Crippen LogP contribution < -0.4 is 31.4 Å². The van der Waals surface area contributed by atoms with E-state index in [0.717, 1.165) is 4.90 Å². The molecular formula is C10H15N3O3S. The van der Waals surface area contributed by atoms with Crippen LogP contribution in [0.5, 0.6) is 17.2 Å². The molecule has 1 aromatic rings. The summed E-state index contributed by atoms with van der Waals surface area (Å²) in [6.45, 7) is 0. The van der Waals surface area contributed by atoms with Gasteiger partial charge < -0.3 is 25.7 Å². The van der Waals surface area contributed by atoms with Gasteiger partial charge in [-0.15, -0.1) is 11.8 Å². The smallest absolute Gasteiger partial charge is 0.189 e. The SMILES string of the molecule is COc1c(N)c2c(c(N)c1OC)SCC(N)O2. The summed E-state index contributed by atoms with van der Waals surface area (Å²) in [5.41, 5.74) is 18.5. The number of nitrogen functional groups attached to an aromatic ring is 2. The largest absolute Gasteiger partial charge is 0.491 e. The Bertz CT molecular complexity index is 453. The molecular weight excluding hydrogens is 242 g/mol. The van der Waals surface area contributed by atoms with E-state index in [1.54, 1.807) is 0 Å². The van der Waals surface area contributed by atoms with Crippen molar-refractivity contribution in [3.63, 3.8) is 0 Å². The highest BCUT2D eigenvalue weighted by atomic mass is 32.2. The zero-order valence-electron chi connectivity index (χ0n) is 9.65. The number of methoxy groups -OCH3 is 2. The molecule has 17 heavy (non-hydrogen) atoms. The van der Waals surface area contributed by atoms with E-state index in [4.69, 9.17) is 31.4 Å². The fraction of sp³-hybridized carbons (Fsp3) is 0.400. The van der Waals surface area contributed by atoms with Crippen molar-refractivity contribution < 1.29 is 14.2 Å². The van der Waals surface area contributed by atoms with Crippen molar-refractivity contribution in [1.29, 1.82) is 0 Å². The van der Waals surface area contributed by atoms with Crippen molar-refractivity contribution in [1.82, 2.24) is 0 Å². The molecule has 2 rings (SSSR count). The zero-order chi connectivity index (χ0) is 12.6. The zero-order valence-corrected chi connectivity index (χ0v) is 10.5. The molecule has 0 fully saturated rings. The summed E-state index contributed by atoms with van der Waals surface area (Å²) < 4.78 is 15.9.